The Labute approximate surface area is 201 Å². The van der Waals surface area contributed by atoms with Crippen LogP contribution in [0.2, 0.25) is 5.02 Å². The molecule has 1 atom stereocenters. The molecule has 9 heteroatoms. The maximum atomic E-state index is 13.1. The van der Waals surface area contributed by atoms with Crippen molar-refractivity contribution in [3.05, 3.63) is 76.1 Å². The maximum Gasteiger partial charge on any atom is 0.261 e. The molecule has 2 heterocycles. The molecule has 34 heavy (non-hydrogen) atoms. The number of anilines is 2. The number of carbonyl (C=O) groups is 2. The zero-order chi connectivity index (χ0) is 23.8. The number of nitrogens with zero attached hydrogens (tertiary/aromatic N) is 2. The smallest absolute Gasteiger partial charge is 0.261 e. The molecular formula is C25H23ClN4O4. The highest BCUT2D eigenvalue weighted by atomic mass is 35.5. The first-order valence-corrected chi connectivity index (χ1v) is 11.3. The summed E-state index contributed by atoms with van der Waals surface area (Å²) in [5, 5.41) is 11.3. The van der Waals surface area contributed by atoms with Gasteiger partial charge < -0.3 is 20.1 Å². The molecule has 0 fully saturated rings. The molecular weight excluding hydrogens is 456 g/mol. The lowest BCUT2D eigenvalue weighted by Crippen LogP contribution is -2.32. The second-order valence-corrected chi connectivity index (χ2v) is 8.56. The number of hydrogen-bond acceptors (Lipinski definition) is 6. The number of amides is 1. The minimum absolute atomic E-state index is 0.0712. The average molecular weight is 479 g/mol. The van der Waals surface area contributed by atoms with Crippen molar-refractivity contribution < 1.29 is 19.1 Å². The molecule has 2 aliphatic rings. The van der Waals surface area contributed by atoms with Gasteiger partial charge in [-0.1, -0.05) is 17.7 Å². The fourth-order valence-corrected chi connectivity index (χ4v) is 4.61. The van der Waals surface area contributed by atoms with E-state index in [1.165, 1.54) is 6.20 Å². The summed E-state index contributed by atoms with van der Waals surface area (Å²) < 4.78 is 12.6. The van der Waals surface area contributed by atoms with E-state index in [1.54, 1.807) is 49.2 Å². The van der Waals surface area contributed by atoms with Gasteiger partial charge in [-0.2, -0.15) is 5.10 Å². The maximum absolute atomic E-state index is 13.1. The van der Waals surface area contributed by atoms with Crippen molar-refractivity contribution in [3.8, 4) is 11.5 Å². The van der Waals surface area contributed by atoms with Gasteiger partial charge >= 0.3 is 0 Å². The van der Waals surface area contributed by atoms with Crippen molar-refractivity contribution >= 4 is 34.8 Å². The van der Waals surface area contributed by atoms with Gasteiger partial charge in [0.25, 0.3) is 5.91 Å². The number of Topliss-reactive ketones (excluding diaryl/α,β-unsaturated/α-hetero) is 1. The molecule has 2 N–H and O–H groups in total. The number of hydrogen-bond donors (Lipinski definition) is 2. The summed E-state index contributed by atoms with van der Waals surface area (Å²) in [6.07, 6.45) is 3.47. The molecule has 3 aromatic rings. The van der Waals surface area contributed by atoms with Gasteiger partial charge in [-0.15, -0.1) is 0 Å². The van der Waals surface area contributed by atoms with Gasteiger partial charge in [0.15, 0.2) is 17.3 Å². The lowest BCUT2D eigenvalue weighted by molar-refractivity contribution is -0.116. The van der Waals surface area contributed by atoms with E-state index in [-0.39, 0.29) is 11.7 Å². The Hall–Kier alpha value is -3.78. The van der Waals surface area contributed by atoms with Crippen molar-refractivity contribution in [1.82, 2.24) is 9.78 Å². The van der Waals surface area contributed by atoms with Gasteiger partial charge in [-0.05, 0) is 54.8 Å². The van der Waals surface area contributed by atoms with E-state index in [9.17, 15) is 9.59 Å². The third-order valence-corrected chi connectivity index (χ3v) is 6.36. The molecule has 1 amide bonds. The zero-order valence-electron chi connectivity index (χ0n) is 18.7. The van der Waals surface area contributed by atoms with Crippen molar-refractivity contribution in [3.63, 3.8) is 0 Å². The summed E-state index contributed by atoms with van der Waals surface area (Å²) >= 11 is 5.95. The summed E-state index contributed by atoms with van der Waals surface area (Å²) in [6, 6.07) is 11.9. The van der Waals surface area contributed by atoms with Crippen molar-refractivity contribution in [2.75, 3.05) is 24.9 Å². The minimum Gasteiger partial charge on any atom is -0.493 e. The predicted octanol–water partition coefficient (Wildman–Crippen LogP) is 4.83. The number of aromatic nitrogens is 2. The molecule has 174 valence electrons. The second kappa shape index (κ2) is 8.87. The van der Waals surface area contributed by atoms with E-state index in [1.807, 2.05) is 12.1 Å². The fraction of sp³-hybridized carbons (Fsp3) is 0.240. The highest BCUT2D eigenvalue weighted by molar-refractivity contribution is 6.30. The molecule has 1 aromatic heterocycles. The Morgan fingerprint density at radius 2 is 1.88 bits per heavy atom. The summed E-state index contributed by atoms with van der Waals surface area (Å²) in [4.78, 5) is 26.2. The van der Waals surface area contributed by atoms with Gasteiger partial charge in [0.05, 0.1) is 20.4 Å². The Morgan fingerprint density at radius 1 is 1.12 bits per heavy atom. The topological polar surface area (TPSA) is 94.5 Å². The van der Waals surface area contributed by atoms with Crippen LogP contribution in [-0.4, -0.2) is 35.7 Å². The number of ketones is 1. The van der Waals surface area contributed by atoms with E-state index < -0.39 is 6.04 Å². The predicted molar refractivity (Wildman–Crippen MR) is 129 cm³/mol. The van der Waals surface area contributed by atoms with Crippen LogP contribution in [0.4, 0.5) is 11.5 Å². The van der Waals surface area contributed by atoms with Crippen LogP contribution in [0.3, 0.4) is 0 Å². The van der Waals surface area contributed by atoms with Crippen LogP contribution < -0.4 is 20.1 Å². The van der Waals surface area contributed by atoms with Crippen LogP contribution in [0.25, 0.3) is 0 Å². The van der Waals surface area contributed by atoms with E-state index in [2.05, 4.69) is 15.7 Å². The lowest BCUT2D eigenvalue weighted by atomic mass is 9.85. The molecule has 0 saturated carbocycles. The van der Waals surface area contributed by atoms with Gasteiger partial charge in [0.2, 0.25) is 0 Å². The van der Waals surface area contributed by atoms with Gasteiger partial charge in [0.1, 0.15) is 17.4 Å². The third kappa shape index (κ3) is 3.80. The second-order valence-electron chi connectivity index (χ2n) is 8.12. The van der Waals surface area contributed by atoms with Crippen molar-refractivity contribution in [2.45, 2.75) is 25.3 Å². The summed E-state index contributed by atoms with van der Waals surface area (Å²) in [5.41, 5.74) is 3.30. The number of rotatable bonds is 5. The molecule has 1 unspecified atom stereocenters. The first-order valence-electron chi connectivity index (χ1n) is 10.9. The lowest BCUT2D eigenvalue weighted by Gasteiger charge is -2.33. The Morgan fingerprint density at radius 3 is 2.62 bits per heavy atom. The third-order valence-electron chi connectivity index (χ3n) is 6.11. The summed E-state index contributed by atoms with van der Waals surface area (Å²) in [7, 11) is 3.14. The van der Waals surface area contributed by atoms with E-state index in [0.29, 0.717) is 52.0 Å². The largest absolute Gasteiger partial charge is 0.493 e. The average Bonchev–Trinajstić information content (AvgIpc) is 3.27. The van der Waals surface area contributed by atoms with E-state index >= 15 is 0 Å². The Balaban J connectivity index is 1.58. The Kier molecular flexibility index (Phi) is 5.75. The number of methoxy groups -OCH3 is 2. The number of fused-ring (bicyclic) bond motifs is 1. The Bertz CT molecular complexity index is 1310. The molecule has 0 radical (unpaired) electrons. The highest BCUT2D eigenvalue weighted by Gasteiger charge is 2.38. The number of nitrogens with one attached hydrogen (secondary N) is 2. The quantitative estimate of drug-likeness (QED) is 0.545. The molecule has 0 saturated heterocycles. The molecule has 5 rings (SSSR count). The van der Waals surface area contributed by atoms with E-state index in [4.69, 9.17) is 21.1 Å². The zero-order valence-corrected chi connectivity index (χ0v) is 19.5. The number of benzene rings is 2. The van der Waals surface area contributed by atoms with Gasteiger partial charge in [-0.25, -0.2) is 4.68 Å². The van der Waals surface area contributed by atoms with Crippen molar-refractivity contribution in [2.24, 2.45) is 0 Å². The number of carbonyl (C=O) groups excluding carboxylic acids is 2. The van der Waals surface area contributed by atoms with E-state index in [0.717, 1.165) is 17.7 Å². The normalized spacial score (nSPS) is 16.9. The van der Waals surface area contributed by atoms with Gasteiger partial charge in [0, 0.05) is 28.4 Å². The van der Waals surface area contributed by atoms with Crippen LogP contribution >= 0.6 is 11.6 Å². The van der Waals surface area contributed by atoms with Crippen LogP contribution in [0.5, 0.6) is 11.5 Å². The fourth-order valence-electron chi connectivity index (χ4n) is 4.49. The molecule has 0 bridgehead atoms. The van der Waals surface area contributed by atoms with Crippen LogP contribution in [0.1, 0.15) is 41.2 Å². The highest BCUT2D eigenvalue weighted by Crippen LogP contribution is 2.43. The minimum atomic E-state index is -0.490. The standard InChI is InChI=1S/C25H23ClN4O4/c1-33-20-11-6-14(12-21(20)34-2)23-22-18(4-3-5-19(22)31)29-24-17(13-27-30(23)24)25(32)28-16-9-7-15(26)8-10-16/h6-13,23,29H,3-5H2,1-2H3,(H,28,32). The molecule has 1 aliphatic heterocycles. The van der Waals surface area contributed by atoms with Crippen LogP contribution in [-0.2, 0) is 4.79 Å². The van der Waals surface area contributed by atoms with Gasteiger partial charge in [-0.3, -0.25) is 9.59 Å². The number of allylic oxidation sites excluding steroid dienone is 2. The van der Waals surface area contributed by atoms with Crippen molar-refractivity contribution in [1.29, 1.82) is 0 Å². The SMILES string of the molecule is COc1ccc(C2C3=C(CCCC3=O)Nc3c(C(=O)Nc4ccc(Cl)cc4)cnn32)cc1OC. The molecule has 8 nitrogen and oxygen atoms in total. The number of halogens is 1. The summed E-state index contributed by atoms with van der Waals surface area (Å²) in [6.45, 7) is 0. The van der Waals surface area contributed by atoms with Crippen LogP contribution in [0, 0.1) is 0 Å². The first kappa shape index (κ1) is 22.0. The van der Waals surface area contributed by atoms with Crippen LogP contribution in [0.15, 0.2) is 59.9 Å². The first-order chi connectivity index (χ1) is 16.5. The monoisotopic (exact) mass is 478 g/mol. The molecule has 1 aliphatic carbocycles. The molecule has 0 spiro atoms. The molecule has 2 aromatic carbocycles. The number of ether oxygens (including phenoxy) is 2. The summed E-state index contributed by atoms with van der Waals surface area (Å²) in [5.74, 6) is 1.45.